The number of halogens is 3. The summed E-state index contributed by atoms with van der Waals surface area (Å²) in [4.78, 5) is 17.8. The first-order valence-electron chi connectivity index (χ1n) is 14.0. The third-order valence-electron chi connectivity index (χ3n) is 7.59. The monoisotopic (exact) mass is 566 g/mol. The number of rotatable bonds is 13. The number of esters is 1. The van der Waals surface area contributed by atoms with Crippen molar-refractivity contribution in [2.75, 3.05) is 13.2 Å². The lowest BCUT2D eigenvalue weighted by atomic mass is 9.93. The molecule has 41 heavy (non-hydrogen) atoms. The average Bonchev–Trinajstić information content (AvgIpc) is 3.72. The SMILES string of the molecule is C=CC1CC1[C@H](CCCOc1ccccc1CN1C(C)=CC(=C)C=C1c1ccc(C(F)(F)F)nc1)CC(=O)OCC. The van der Waals surface area contributed by atoms with Gasteiger partial charge >= 0.3 is 12.1 Å². The number of ether oxygens (including phenoxy) is 2. The van der Waals surface area contributed by atoms with Crippen molar-refractivity contribution in [1.29, 1.82) is 0 Å². The van der Waals surface area contributed by atoms with Crippen LogP contribution in [0.25, 0.3) is 5.70 Å². The standard InChI is InChI=1S/C33H37F3N2O3/c1-5-24-18-28(24)25(19-32(39)40-6-2)11-9-15-41-30-12-8-7-10-27(30)21-38-23(4)16-22(3)17-29(38)26-13-14-31(37-20-26)33(34,35)36/h5,7-8,10,12-14,16-17,20,24-25,28H,1,3,6,9,11,15,18-19,21H2,2,4H3/t24?,25-,28?/m1/s1. The molecule has 218 valence electrons. The highest BCUT2D eigenvalue weighted by atomic mass is 19.4. The fraction of sp³-hybridized carbons (Fsp3) is 0.394. The van der Waals surface area contributed by atoms with Crippen LogP contribution in [0.5, 0.6) is 5.75 Å². The Morgan fingerprint density at radius 1 is 1.22 bits per heavy atom. The van der Waals surface area contributed by atoms with Gasteiger partial charge in [-0.2, -0.15) is 13.2 Å². The van der Waals surface area contributed by atoms with Crippen LogP contribution in [0.2, 0.25) is 0 Å². The minimum absolute atomic E-state index is 0.154. The number of benzene rings is 1. The van der Waals surface area contributed by atoms with Crippen molar-refractivity contribution in [1.82, 2.24) is 9.88 Å². The molecule has 0 spiro atoms. The maximum atomic E-state index is 13.1. The number of hydrogen-bond acceptors (Lipinski definition) is 5. The highest BCUT2D eigenvalue weighted by Gasteiger charge is 2.41. The Morgan fingerprint density at radius 3 is 2.66 bits per heavy atom. The van der Waals surface area contributed by atoms with Crippen molar-refractivity contribution < 1.29 is 27.4 Å². The van der Waals surface area contributed by atoms with Crippen LogP contribution in [0, 0.1) is 17.8 Å². The van der Waals surface area contributed by atoms with Crippen LogP contribution in [0.3, 0.4) is 0 Å². The predicted molar refractivity (Wildman–Crippen MR) is 153 cm³/mol. The molecule has 0 N–H and O–H groups in total. The minimum atomic E-state index is -4.50. The van der Waals surface area contributed by atoms with Gasteiger partial charge < -0.3 is 14.4 Å². The van der Waals surface area contributed by atoms with Crippen LogP contribution in [0.1, 0.15) is 56.4 Å². The largest absolute Gasteiger partial charge is 0.493 e. The van der Waals surface area contributed by atoms with Crippen LogP contribution in [-0.4, -0.2) is 29.1 Å². The number of hydrogen-bond donors (Lipinski definition) is 0. The molecule has 1 aromatic carbocycles. The molecule has 8 heteroatoms. The lowest BCUT2D eigenvalue weighted by Crippen LogP contribution is -2.23. The van der Waals surface area contributed by atoms with Crippen molar-refractivity contribution >= 4 is 11.7 Å². The first-order valence-corrected chi connectivity index (χ1v) is 14.0. The predicted octanol–water partition coefficient (Wildman–Crippen LogP) is 7.97. The van der Waals surface area contributed by atoms with Gasteiger partial charge in [-0.1, -0.05) is 30.9 Å². The summed E-state index contributed by atoms with van der Waals surface area (Å²) in [5.41, 5.74) is 2.95. The topological polar surface area (TPSA) is 51.7 Å². The van der Waals surface area contributed by atoms with Crippen LogP contribution in [0.15, 0.2) is 85.3 Å². The van der Waals surface area contributed by atoms with E-state index in [1.807, 2.05) is 61.2 Å². The summed E-state index contributed by atoms with van der Waals surface area (Å²) in [6, 6.07) is 10.2. The number of carbonyl (C=O) groups is 1. The van der Waals surface area contributed by atoms with Crippen molar-refractivity contribution in [2.24, 2.45) is 17.8 Å². The van der Waals surface area contributed by atoms with Crippen LogP contribution in [0.4, 0.5) is 13.2 Å². The second kappa shape index (κ2) is 13.2. The van der Waals surface area contributed by atoms with E-state index in [0.29, 0.717) is 49.3 Å². The van der Waals surface area contributed by atoms with E-state index in [2.05, 4.69) is 18.1 Å². The summed E-state index contributed by atoms with van der Waals surface area (Å²) in [7, 11) is 0. The van der Waals surface area contributed by atoms with Crippen LogP contribution >= 0.6 is 0 Å². The van der Waals surface area contributed by atoms with E-state index in [4.69, 9.17) is 9.47 Å². The second-order valence-corrected chi connectivity index (χ2v) is 10.6. The maximum absolute atomic E-state index is 13.1. The van der Waals surface area contributed by atoms with Gasteiger partial charge in [0.1, 0.15) is 11.4 Å². The average molecular weight is 567 g/mol. The van der Waals surface area contributed by atoms with Gasteiger partial charge in [0.2, 0.25) is 0 Å². The quantitative estimate of drug-likeness (QED) is 0.140. The molecular formula is C33H37F3N2O3. The summed E-state index contributed by atoms with van der Waals surface area (Å²) in [5, 5.41) is 0. The zero-order valence-electron chi connectivity index (χ0n) is 23.6. The summed E-state index contributed by atoms with van der Waals surface area (Å²) in [6.07, 6.45) is 5.64. The number of alkyl halides is 3. The maximum Gasteiger partial charge on any atom is 0.433 e. The van der Waals surface area contributed by atoms with Crippen molar-refractivity contribution in [2.45, 2.75) is 52.3 Å². The number of pyridine rings is 1. The van der Waals surface area contributed by atoms with E-state index in [0.717, 1.165) is 47.9 Å². The second-order valence-electron chi connectivity index (χ2n) is 10.6. The molecule has 1 saturated carbocycles. The summed E-state index contributed by atoms with van der Waals surface area (Å²) in [5.74, 6) is 1.77. The molecule has 1 fully saturated rings. The number of carbonyl (C=O) groups excluding carboxylic acids is 1. The van der Waals surface area contributed by atoms with E-state index in [9.17, 15) is 18.0 Å². The van der Waals surface area contributed by atoms with Gasteiger partial charge in [0.15, 0.2) is 0 Å². The Balaban J connectivity index is 1.43. The molecule has 0 bridgehead atoms. The van der Waals surface area contributed by atoms with Gasteiger partial charge in [-0.25, -0.2) is 0 Å². The van der Waals surface area contributed by atoms with E-state index >= 15 is 0 Å². The molecule has 5 nitrogen and oxygen atoms in total. The van der Waals surface area contributed by atoms with E-state index in [1.165, 1.54) is 12.3 Å². The first kappa shape index (κ1) is 30.2. The van der Waals surface area contributed by atoms with E-state index in [-0.39, 0.29) is 11.9 Å². The first-order chi connectivity index (χ1) is 19.6. The Bertz CT molecular complexity index is 1310. The lowest BCUT2D eigenvalue weighted by molar-refractivity contribution is -0.144. The zero-order valence-corrected chi connectivity index (χ0v) is 23.6. The van der Waals surface area contributed by atoms with Gasteiger partial charge in [-0.3, -0.25) is 9.78 Å². The molecule has 1 aliphatic heterocycles. The summed E-state index contributed by atoms with van der Waals surface area (Å²) in [6.45, 7) is 13.0. The minimum Gasteiger partial charge on any atom is -0.493 e. The van der Waals surface area contributed by atoms with Crippen LogP contribution < -0.4 is 4.74 Å². The lowest BCUT2D eigenvalue weighted by Gasteiger charge is -2.32. The normalized spacial score (nSPS) is 19.2. The molecule has 0 saturated heterocycles. The third-order valence-corrected chi connectivity index (χ3v) is 7.59. The molecule has 2 heterocycles. The molecule has 4 rings (SSSR count). The number of aromatic nitrogens is 1. The van der Waals surface area contributed by atoms with Gasteiger partial charge in [0, 0.05) is 29.4 Å². The Hall–Kier alpha value is -3.81. The number of nitrogens with zero attached hydrogens (tertiary/aromatic N) is 2. The van der Waals surface area contributed by atoms with Crippen molar-refractivity contribution in [3.05, 3.63) is 102 Å². The highest BCUT2D eigenvalue weighted by Crippen LogP contribution is 2.48. The van der Waals surface area contributed by atoms with Crippen LogP contribution in [-0.2, 0) is 22.3 Å². The van der Waals surface area contributed by atoms with Crippen molar-refractivity contribution in [3.63, 3.8) is 0 Å². The molecule has 2 unspecified atom stereocenters. The molecule has 3 atom stereocenters. The number of allylic oxidation sites excluding steroid dienone is 5. The third kappa shape index (κ3) is 7.90. The Labute approximate surface area is 240 Å². The fourth-order valence-electron chi connectivity index (χ4n) is 5.42. The molecule has 1 aliphatic carbocycles. The summed E-state index contributed by atoms with van der Waals surface area (Å²) < 4.78 is 50.7. The van der Waals surface area contributed by atoms with E-state index < -0.39 is 11.9 Å². The fourth-order valence-corrected chi connectivity index (χ4v) is 5.42. The molecule has 2 aromatic rings. The van der Waals surface area contributed by atoms with Gasteiger partial charge in [-0.05, 0) is 86.8 Å². The number of para-hydroxylation sites is 1. The zero-order chi connectivity index (χ0) is 29.6. The molecule has 0 amide bonds. The van der Waals surface area contributed by atoms with Gasteiger partial charge in [0.05, 0.1) is 25.5 Å². The molecule has 0 radical (unpaired) electrons. The van der Waals surface area contributed by atoms with Gasteiger partial charge in [0.25, 0.3) is 0 Å². The molecule has 2 aliphatic rings. The highest BCUT2D eigenvalue weighted by molar-refractivity contribution is 5.71. The summed E-state index contributed by atoms with van der Waals surface area (Å²) >= 11 is 0. The van der Waals surface area contributed by atoms with E-state index in [1.54, 1.807) is 0 Å². The molecular weight excluding hydrogens is 529 g/mol. The molecule has 1 aromatic heterocycles. The Kier molecular flexibility index (Phi) is 9.73. The van der Waals surface area contributed by atoms with Gasteiger partial charge in [-0.15, -0.1) is 6.58 Å². The Morgan fingerprint density at radius 2 is 2.00 bits per heavy atom. The van der Waals surface area contributed by atoms with Crippen molar-refractivity contribution in [3.8, 4) is 5.75 Å². The smallest absolute Gasteiger partial charge is 0.433 e.